The molecule has 5 nitrogen and oxygen atoms in total. The number of anilines is 1. The fourth-order valence-corrected chi connectivity index (χ4v) is 3.94. The number of benzene rings is 2. The summed E-state index contributed by atoms with van der Waals surface area (Å²) in [7, 11) is -4.26. The van der Waals surface area contributed by atoms with E-state index >= 15 is 0 Å². The monoisotopic (exact) mass is 393 g/mol. The molecule has 1 aliphatic rings. The molecule has 138 valence electrons. The Balaban J connectivity index is 1.83. The van der Waals surface area contributed by atoms with Crippen LogP contribution in [0, 0.1) is 0 Å². The molecule has 0 radical (unpaired) electrons. The van der Waals surface area contributed by atoms with E-state index in [9.17, 15) is 8.42 Å². The maximum atomic E-state index is 12.4. The minimum atomic E-state index is -3.70. The van der Waals surface area contributed by atoms with E-state index in [1.54, 1.807) is 36.4 Å². The number of sulfonamides is 1. The molecule has 0 aliphatic carbocycles. The lowest BCUT2D eigenvalue weighted by atomic mass is 9.79. The minimum absolute atomic E-state index is 0.172. The third-order valence-electron chi connectivity index (χ3n) is 4.82. The van der Waals surface area contributed by atoms with Gasteiger partial charge in [-0.1, -0.05) is 35.9 Å². The first-order valence-corrected chi connectivity index (χ1v) is 10.1. The molecule has 1 aliphatic heterocycles. The summed E-state index contributed by atoms with van der Waals surface area (Å²) in [5.74, 6) is 0. The smallest absolute Gasteiger partial charge is 0.399 e. The van der Waals surface area contributed by atoms with Crippen molar-refractivity contribution in [3.8, 4) is 0 Å². The van der Waals surface area contributed by atoms with E-state index in [1.807, 2.05) is 27.7 Å². The van der Waals surface area contributed by atoms with Gasteiger partial charge in [-0.3, -0.25) is 4.72 Å². The highest BCUT2D eigenvalue weighted by Crippen LogP contribution is 2.37. The van der Waals surface area contributed by atoms with E-state index in [2.05, 4.69) is 4.72 Å². The van der Waals surface area contributed by atoms with Crippen LogP contribution >= 0.6 is 11.6 Å². The summed E-state index contributed by atoms with van der Waals surface area (Å²) in [6, 6.07) is 13.1. The molecule has 1 heterocycles. The van der Waals surface area contributed by atoms with Gasteiger partial charge in [0.2, 0.25) is 0 Å². The van der Waals surface area contributed by atoms with Crippen LogP contribution in [-0.2, 0) is 19.3 Å². The molecule has 0 unspecified atom stereocenters. The molecule has 1 N–H and O–H groups in total. The number of hydrogen-bond donors (Lipinski definition) is 1. The van der Waals surface area contributed by atoms with Crippen LogP contribution in [-0.4, -0.2) is 26.7 Å². The van der Waals surface area contributed by atoms with Gasteiger partial charge in [-0.2, -0.15) is 0 Å². The van der Waals surface area contributed by atoms with Crippen molar-refractivity contribution in [2.75, 3.05) is 4.72 Å². The van der Waals surface area contributed by atoms with E-state index in [0.29, 0.717) is 5.69 Å². The Hall–Kier alpha value is -1.54. The van der Waals surface area contributed by atoms with E-state index in [-0.39, 0.29) is 9.92 Å². The zero-order chi connectivity index (χ0) is 19.2. The second-order valence-corrected chi connectivity index (χ2v) is 9.34. The van der Waals surface area contributed by atoms with E-state index < -0.39 is 28.3 Å². The van der Waals surface area contributed by atoms with Gasteiger partial charge >= 0.3 is 7.12 Å². The van der Waals surface area contributed by atoms with Crippen molar-refractivity contribution in [3.05, 3.63) is 53.6 Å². The first-order valence-electron chi connectivity index (χ1n) is 8.25. The molecular formula is C18H21BClNO4S. The highest BCUT2D eigenvalue weighted by molar-refractivity contribution is 7.92. The summed E-state index contributed by atoms with van der Waals surface area (Å²) in [6.45, 7) is 7.88. The summed E-state index contributed by atoms with van der Waals surface area (Å²) in [5.41, 5.74) is 0.113. The molecule has 0 atom stereocenters. The minimum Gasteiger partial charge on any atom is -0.399 e. The number of hydrogen-bond acceptors (Lipinski definition) is 4. The van der Waals surface area contributed by atoms with Crippen LogP contribution in [0.3, 0.4) is 0 Å². The Bertz CT molecular complexity index is 900. The Morgan fingerprint density at radius 3 is 2.08 bits per heavy atom. The van der Waals surface area contributed by atoms with E-state index in [0.717, 1.165) is 5.46 Å². The van der Waals surface area contributed by atoms with Crippen molar-refractivity contribution in [2.45, 2.75) is 43.8 Å². The van der Waals surface area contributed by atoms with E-state index in [4.69, 9.17) is 20.9 Å². The predicted molar refractivity (Wildman–Crippen MR) is 104 cm³/mol. The van der Waals surface area contributed by atoms with Gasteiger partial charge in [0.15, 0.2) is 0 Å². The molecule has 1 fully saturated rings. The largest absolute Gasteiger partial charge is 0.494 e. The molecule has 8 heteroatoms. The Morgan fingerprint density at radius 2 is 1.54 bits per heavy atom. The molecule has 0 saturated carbocycles. The Labute approximate surface area is 159 Å². The van der Waals surface area contributed by atoms with Crippen LogP contribution in [0.15, 0.2) is 53.4 Å². The molecule has 1 saturated heterocycles. The SMILES string of the molecule is CC1(C)OB(c2ccc(NS(=O)(=O)c3ccccc3)c(Cl)c2)OC1(C)C. The van der Waals surface area contributed by atoms with Gasteiger partial charge in [-0.15, -0.1) is 0 Å². The highest BCUT2D eigenvalue weighted by atomic mass is 35.5. The third-order valence-corrected chi connectivity index (χ3v) is 6.51. The number of rotatable bonds is 4. The normalized spacial score (nSPS) is 18.7. The van der Waals surface area contributed by atoms with Gasteiger partial charge in [-0.25, -0.2) is 8.42 Å². The first-order chi connectivity index (χ1) is 12.0. The van der Waals surface area contributed by atoms with Crippen LogP contribution in [0.25, 0.3) is 0 Å². The second-order valence-electron chi connectivity index (χ2n) is 7.25. The average molecular weight is 394 g/mol. The van der Waals surface area contributed by atoms with Crippen molar-refractivity contribution in [2.24, 2.45) is 0 Å². The highest BCUT2D eigenvalue weighted by Gasteiger charge is 2.51. The molecule has 26 heavy (non-hydrogen) atoms. The van der Waals surface area contributed by atoms with Crippen LogP contribution < -0.4 is 10.2 Å². The van der Waals surface area contributed by atoms with Gasteiger partial charge in [0.25, 0.3) is 10.0 Å². The maximum Gasteiger partial charge on any atom is 0.494 e. The van der Waals surface area contributed by atoms with Gasteiger partial charge in [-0.05, 0) is 57.4 Å². The van der Waals surface area contributed by atoms with Crippen LogP contribution in [0.5, 0.6) is 0 Å². The summed E-state index contributed by atoms with van der Waals surface area (Å²) in [5, 5.41) is 0.275. The fraction of sp³-hybridized carbons (Fsp3) is 0.333. The number of halogens is 1. The summed E-state index contributed by atoms with van der Waals surface area (Å²) in [6.07, 6.45) is 0. The standard InChI is InChI=1S/C18H21BClNO4S/c1-17(2)18(3,4)25-19(24-17)13-10-11-16(15(20)12-13)21-26(22,23)14-8-6-5-7-9-14/h5-12,21H,1-4H3. The Kier molecular flexibility index (Phi) is 4.86. The molecular weight excluding hydrogens is 373 g/mol. The quantitative estimate of drug-likeness (QED) is 0.808. The van der Waals surface area contributed by atoms with Crippen molar-refractivity contribution in [1.29, 1.82) is 0 Å². The molecule has 0 spiro atoms. The average Bonchev–Trinajstić information content (AvgIpc) is 2.78. The lowest BCUT2D eigenvalue weighted by Gasteiger charge is -2.32. The molecule has 0 bridgehead atoms. The van der Waals surface area contributed by atoms with Crippen LogP contribution in [0.4, 0.5) is 5.69 Å². The number of nitrogens with one attached hydrogen (secondary N) is 1. The van der Waals surface area contributed by atoms with Gasteiger partial charge in [0, 0.05) is 0 Å². The van der Waals surface area contributed by atoms with Gasteiger partial charge in [0.1, 0.15) is 0 Å². The van der Waals surface area contributed by atoms with Crippen molar-refractivity contribution in [1.82, 2.24) is 0 Å². The third kappa shape index (κ3) is 3.62. The van der Waals surface area contributed by atoms with Crippen molar-refractivity contribution in [3.63, 3.8) is 0 Å². The van der Waals surface area contributed by atoms with Crippen molar-refractivity contribution >= 4 is 39.9 Å². The molecule has 2 aromatic rings. The molecule has 3 rings (SSSR count). The first kappa shape index (κ1) is 19.2. The maximum absolute atomic E-state index is 12.4. The predicted octanol–water partition coefficient (Wildman–Crippen LogP) is 3.44. The zero-order valence-corrected chi connectivity index (χ0v) is 16.7. The lowest BCUT2D eigenvalue weighted by molar-refractivity contribution is 0.00578. The lowest BCUT2D eigenvalue weighted by Crippen LogP contribution is -2.41. The van der Waals surface area contributed by atoms with E-state index in [1.165, 1.54) is 12.1 Å². The summed E-state index contributed by atoms with van der Waals surface area (Å²) < 4.78 is 39.4. The molecule has 0 aromatic heterocycles. The van der Waals surface area contributed by atoms with Crippen LogP contribution in [0.1, 0.15) is 27.7 Å². The molecule has 0 amide bonds. The van der Waals surface area contributed by atoms with Gasteiger partial charge < -0.3 is 9.31 Å². The fourth-order valence-electron chi connectivity index (χ4n) is 2.54. The molecule has 2 aromatic carbocycles. The van der Waals surface area contributed by atoms with Crippen molar-refractivity contribution < 1.29 is 17.7 Å². The zero-order valence-electron chi connectivity index (χ0n) is 15.1. The second kappa shape index (κ2) is 6.57. The topological polar surface area (TPSA) is 64.6 Å². The summed E-state index contributed by atoms with van der Waals surface area (Å²) >= 11 is 6.31. The van der Waals surface area contributed by atoms with Crippen LogP contribution in [0.2, 0.25) is 5.02 Å². The van der Waals surface area contributed by atoms with Gasteiger partial charge in [0.05, 0.1) is 26.8 Å². The Morgan fingerprint density at radius 1 is 0.962 bits per heavy atom. The summed E-state index contributed by atoms with van der Waals surface area (Å²) in [4.78, 5) is 0.172.